The summed E-state index contributed by atoms with van der Waals surface area (Å²) in [6, 6.07) is 8.01. The van der Waals surface area contributed by atoms with Crippen LogP contribution in [0, 0.1) is 0 Å². The van der Waals surface area contributed by atoms with E-state index in [1.165, 1.54) is 19.3 Å². The number of benzene rings is 1. The summed E-state index contributed by atoms with van der Waals surface area (Å²) >= 11 is 0. The van der Waals surface area contributed by atoms with Crippen molar-refractivity contribution in [3.63, 3.8) is 0 Å². The number of nitrogens with two attached hydrogens (primary N) is 1. The zero-order valence-electron chi connectivity index (χ0n) is 13.8. The number of carbonyl (C=O) groups excluding carboxylic acids is 1. The molecule has 21 heavy (non-hydrogen) atoms. The van der Waals surface area contributed by atoms with Gasteiger partial charge in [-0.25, -0.2) is 0 Å². The van der Waals surface area contributed by atoms with Crippen LogP contribution in [0.2, 0.25) is 0 Å². The van der Waals surface area contributed by atoms with Gasteiger partial charge < -0.3 is 10.6 Å². The van der Waals surface area contributed by atoms with Gasteiger partial charge in [-0.05, 0) is 38.0 Å². The van der Waals surface area contributed by atoms with Crippen LogP contribution in [0.5, 0.6) is 0 Å². The van der Waals surface area contributed by atoms with E-state index in [2.05, 4.69) is 20.8 Å². The van der Waals surface area contributed by atoms with Crippen LogP contribution in [0.25, 0.3) is 0 Å². The lowest BCUT2D eigenvalue weighted by molar-refractivity contribution is -0.133. The van der Waals surface area contributed by atoms with Crippen molar-refractivity contribution >= 4 is 11.6 Å². The quantitative estimate of drug-likeness (QED) is 0.542. The van der Waals surface area contributed by atoms with Crippen molar-refractivity contribution in [2.45, 2.75) is 71.9 Å². The van der Waals surface area contributed by atoms with Gasteiger partial charge >= 0.3 is 0 Å². The van der Waals surface area contributed by atoms with E-state index in [0.29, 0.717) is 13.0 Å². The first-order valence-corrected chi connectivity index (χ1v) is 8.18. The Balaban J connectivity index is 2.48. The van der Waals surface area contributed by atoms with Crippen LogP contribution in [0.3, 0.4) is 0 Å². The fraction of sp³-hybridized carbons (Fsp3) is 0.611. The van der Waals surface area contributed by atoms with Gasteiger partial charge in [-0.1, -0.05) is 44.7 Å². The normalized spacial score (nSPS) is 10.9. The van der Waals surface area contributed by atoms with Crippen molar-refractivity contribution in [3.8, 4) is 0 Å². The van der Waals surface area contributed by atoms with Crippen molar-refractivity contribution in [3.05, 3.63) is 29.8 Å². The third-order valence-electron chi connectivity index (χ3n) is 3.77. The molecule has 1 rings (SSSR count). The summed E-state index contributed by atoms with van der Waals surface area (Å²) in [5.74, 6) is 0.262. The molecular weight excluding hydrogens is 260 g/mol. The lowest BCUT2D eigenvalue weighted by Crippen LogP contribution is -2.36. The molecule has 2 N–H and O–H groups in total. The molecule has 0 atom stereocenters. The van der Waals surface area contributed by atoms with E-state index in [0.717, 1.165) is 24.1 Å². The van der Waals surface area contributed by atoms with Crippen LogP contribution in [0.15, 0.2) is 24.3 Å². The van der Waals surface area contributed by atoms with Crippen LogP contribution in [-0.4, -0.2) is 16.8 Å². The highest BCUT2D eigenvalue weighted by Gasteiger charge is 2.16. The van der Waals surface area contributed by atoms with Gasteiger partial charge in [-0.3, -0.25) is 4.79 Å². The molecule has 3 heteroatoms. The first-order chi connectivity index (χ1) is 10.0. The smallest absolute Gasteiger partial charge is 0.223 e. The Morgan fingerprint density at radius 1 is 1.10 bits per heavy atom. The molecule has 1 aromatic rings. The summed E-state index contributed by atoms with van der Waals surface area (Å²) in [7, 11) is 0. The van der Waals surface area contributed by atoms with E-state index in [1.807, 2.05) is 29.2 Å². The summed E-state index contributed by atoms with van der Waals surface area (Å²) in [6.45, 7) is 7.03. The van der Waals surface area contributed by atoms with E-state index in [1.54, 1.807) is 0 Å². The first-order valence-electron chi connectivity index (χ1n) is 8.18. The lowest BCUT2D eigenvalue weighted by Gasteiger charge is -2.27. The van der Waals surface area contributed by atoms with Crippen molar-refractivity contribution in [2.24, 2.45) is 0 Å². The van der Waals surface area contributed by atoms with Gasteiger partial charge in [-0.2, -0.15) is 0 Å². The molecule has 0 aromatic heterocycles. The van der Waals surface area contributed by atoms with Crippen LogP contribution in [0.4, 0.5) is 5.69 Å². The van der Waals surface area contributed by atoms with E-state index >= 15 is 0 Å². The average molecular weight is 290 g/mol. The number of carbonyl (C=O) groups is 1. The van der Waals surface area contributed by atoms with Gasteiger partial charge in [0.05, 0.1) is 0 Å². The maximum absolute atomic E-state index is 12.4. The number of hydrogen-bond donors (Lipinski definition) is 1. The number of rotatable bonds is 9. The first kappa shape index (κ1) is 17.5. The van der Waals surface area contributed by atoms with E-state index in [-0.39, 0.29) is 11.9 Å². The molecular formula is C18H30N2O. The third-order valence-corrected chi connectivity index (χ3v) is 3.77. The maximum Gasteiger partial charge on any atom is 0.223 e. The molecule has 3 nitrogen and oxygen atoms in total. The molecule has 0 heterocycles. The van der Waals surface area contributed by atoms with Crippen LogP contribution in [0.1, 0.15) is 64.9 Å². The van der Waals surface area contributed by atoms with Crippen LogP contribution < -0.4 is 5.73 Å². The molecule has 0 saturated heterocycles. The van der Waals surface area contributed by atoms with E-state index in [4.69, 9.17) is 5.73 Å². The second-order valence-corrected chi connectivity index (χ2v) is 6.02. The Labute approximate surface area is 129 Å². The maximum atomic E-state index is 12.4. The second-order valence-electron chi connectivity index (χ2n) is 6.02. The Morgan fingerprint density at radius 3 is 2.29 bits per heavy atom. The number of amides is 1. The number of nitrogen functional groups attached to an aromatic ring is 1. The molecule has 1 amide bonds. The van der Waals surface area contributed by atoms with E-state index < -0.39 is 0 Å². The van der Waals surface area contributed by atoms with Crippen molar-refractivity contribution in [1.29, 1.82) is 0 Å². The summed E-state index contributed by atoms with van der Waals surface area (Å²) in [6.07, 6.45) is 6.58. The van der Waals surface area contributed by atoms with Gasteiger partial charge in [0, 0.05) is 24.7 Å². The molecule has 0 aliphatic heterocycles. The van der Waals surface area contributed by atoms with Gasteiger partial charge in [0.25, 0.3) is 0 Å². The lowest BCUT2D eigenvalue weighted by atomic mass is 10.1. The van der Waals surface area contributed by atoms with Crippen LogP contribution >= 0.6 is 0 Å². The zero-order valence-corrected chi connectivity index (χ0v) is 13.8. The van der Waals surface area contributed by atoms with Gasteiger partial charge in [0.2, 0.25) is 5.91 Å². The molecule has 0 saturated carbocycles. The van der Waals surface area contributed by atoms with Gasteiger partial charge in [-0.15, -0.1) is 0 Å². The highest BCUT2D eigenvalue weighted by atomic mass is 16.2. The minimum atomic E-state index is 0.227. The largest absolute Gasteiger partial charge is 0.399 e. The minimum absolute atomic E-state index is 0.227. The van der Waals surface area contributed by atoms with Crippen molar-refractivity contribution in [1.82, 2.24) is 4.90 Å². The van der Waals surface area contributed by atoms with E-state index in [9.17, 15) is 4.79 Å². The standard InChI is InChI=1S/C18H30N2O/c1-4-5-6-7-8-9-18(21)20(15(2)3)14-16-10-12-17(19)13-11-16/h10-13,15H,4-9,14,19H2,1-3H3. The monoisotopic (exact) mass is 290 g/mol. The SMILES string of the molecule is CCCCCCCC(=O)N(Cc1ccc(N)cc1)C(C)C. The molecule has 0 aliphatic rings. The van der Waals surface area contributed by atoms with Crippen LogP contribution in [-0.2, 0) is 11.3 Å². The minimum Gasteiger partial charge on any atom is -0.399 e. The summed E-state index contributed by atoms with van der Waals surface area (Å²) < 4.78 is 0. The van der Waals surface area contributed by atoms with Gasteiger partial charge in [0.15, 0.2) is 0 Å². The number of unbranched alkanes of at least 4 members (excludes halogenated alkanes) is 4. The molecule has 0 aliphatic carbocycles. The Kier molecular flexibility index (Phi) is 7.88. The fourth-order valence-corrected chi connectivity index (χ4v) is 2.40. The molecule has 0 unspecified atom stereocenters. The number of anilines is 1. The third kappa shape index (κ3) is 6.65. The highest BCUT2D eigenvalue weighted by Crippen LogP contribution is 2.14. The second kappa shape index (κ2) is 9.43. The molecule has 0 fully saturated rings. The van der Waals surface area contributed by atoms with Gasteiger partial charge in [0.1, 0.15) is 0 Å². The van der Waals surface area contributed by atoms with Crippen molar-refractivity contribution in [2.75, 3.05) is 5.73 Å². The molecule has 0 bridgehead atoms. The topological polar surface area (TPSA) is 46.3 Å². The highest BCUT2D eigenvalue weighted by molar-refractivity contribution is 5.76. The summed E-state index contributed by atoms with van der Waals surface area (Å²) in [5.41, 5.74) is 7.60. The zero-order chi connectivity index (χ0) is 15.7. The van der Waals surface area contributed by atoms with Crippen molar-refractivity contribution < 1.29 is 4.79 Å². The average Bonchev–Trinajstić information content (AvgIpc) is 2.45. The molecule has 0 spiro atoms. The fourth-order valence-electron chi connectivity index (χ4n) is 2.40. The Morgan fingerprint density at radius 2 is 1.71 bits per heavy atom. The Bertz CT molecular complexity index is 412. The summed E-state index contributed by atoms with van der Waals surface area (Å²) in [4.78, 5) is 14.4. The molecule has 1 aromatic carbocycles. The predicted molar refractivity (Wildman–Crippen MR) is 89.9 cm³/mol. The summed E-state index contributed by atoms with van der Waals surface area (Å²) in [5, 5.41) is 0. The molecule has 118 valence electrons. The number of nitrogens with zero attached hydrogens (tertiary/aromatic N) is 1. The Hall–Kier alpha value is -1.51. The molecule has 0 radical (unpaired) electrons. The predicted octanol–water partition coefficient (Wildman–Crippen LogP) is 4.37. The number of hydrogen-bond acceptors (Lipinski definition) is 2.